The molecule has 0 atom stereocenters. The fourth-order valence-corrected chi connectivity index (χ4v) is 5.47. The number of rotatable bonds is 10. The summed E-state index contributed by atoms with van der Waals surface area (Å²) in [6.45, 7) is 0. The van der Waals surface area contributed by atoms with Crippen LogP contribution in [-0.2, 0) is 4.79 Å². The third kappa shape index (κ3) is 6.54. The van der Waals surface area contributed by atoms with E-state index in [4.69, 9.17) is 23.2 Å². The molecule has 0 unspecified atom stereocenters. The number of hydrogen-bond acceptors (Lipinski definition) is 7. The van der Waals surface area contributed by atoms with Gasteiger partial charge in [0.2, 0.25) is 0 Å². The lowest BCUT2D eigenvalue weighted by Crippen LogP contribution is -1.96. The highest BCUT2D eigenvalue weighted by atomic mass is 35.5. The summed E-state index contributed by atoms with van der Waals surface area (Å²) in [6.07, 6.45) is 5.71. The Morgan fingerprint density at radius 3 is 1.27 bits per heavy atom. The summed E-state index contributed by atoms with van der Waals surface area (Å²) in [5.41, 5.74) is 4.02. The number of ketones is 1. The first-order chi connectivity index (χ1) is 23.2. The number of aromatic nitrogens is 4. The molecule has 0 saturated heterocycles. The number of carbonyl (C=O) groups excluding carboxylic acids is 1. The highest BCUT2D eigenvalue weighted by Gasteiger charge is 2.20. The van der Waals surface area contributed by atoms with E-state index in [9.17, 15) is 25.0 Å². The molecule has 13 heteroatoms. The topological polar surface area (TPSA) is 139 Å². The van der Waals surface area contributed by atoms with Crippen molar-refractivity contribution in [3.8, 4) is 33.9 Å². The summed E-state index contributed by atoms with van der Waals surface area (Å²) >= 11 is 13.6. The first kappa shape index (κ1) is 31.8. The van der Waals surface area contributed by atoms with Gasteiger partial charge in [-0.05, 0) is 72.8 Å². The van der Waals surface area contributed by atoms with Gasteiger partial charge in [-0.3, -0.25) is 25.0 Å². The summed E-state index contributed by atoms with van der Waals surface area (Å²) in [5, 5.41) is 32.2. The van der Waals surface area contributed by atoms with Crippen LogP contribution in [0.4, 0.5) is 11.4 Å². The van der Waals surface area contributed by atoms with E-state index in [2.05, 4.69) is 10.2 Å². The van der Waals surface area contributed by atoms with Gasteiger partial charge < -0.3 is 0 Å². The number of carbonyl (C=O) groups is 1. The van der Waals surface area contributed by atoms with E-state index in [1.54, 1.807) is 24.3 Å². The molecule has 4 aromatic carbocycles. The Hall–Kier alpha value is -6.17. The maximum atomic E-state index is 13.2. The van der Waals surface area contributed by atoms with E-state index in [1.165, 1.54) is 57.9 Å². The van der Waals surface area contributed by atoms with Gasteiger partial charge in [-0.2, -0.15) is 10.2 Å². The Kier molecular flexibility index (Phi) is 9.06. The molecule has 6 aromatic rings. The molecule has 0 radical (unpaired) electrons. The third-order valence-electron chi connectivity index (χ3n) is 7.26. The molecule has 0 saturated carbocycles. The predicted octanol–water partition coefficient (Wildman–Crippen LogP) is 8.81. The van der Waals surface area contributed by atoms with Crippen molar-refractivity contribution in [1.82, 2.24) is 19.6 Å². The Morgan fingerprint density at radius 2 is 0.938 bits per heavy atom. The smallest absolute Gasteiger partial charge is 0.269 e. The van der Waals surface area contributed by atoms with Crippen molar-refractivity contribution < 1.29 is 14.6 Å². The summed E-state index contributed by atoms with van der Waals surface area (Å²) in [5.74, 6) is -0.411. The molecule has 2 aromatic heterocycles. The Morgan fingerprint density at radius 1 is 0.583 bits per heavy atom. The van der Waals surface area contributed by atoms with Crippen LogP contribution in [0.3, 0.4) is 0 Å². The summed E-state index contributed by atoms with van der Waals surface area (Å²) in [6, 6.07) is 30.1. The molecular formula is C35H22Cl2N6O5. The maximum Gasteiger partial charge on any atom is 0.269 e. The van der Waals surface area contributed by atoms with Crippen molar-refractivity contribution in [2.75, 3.05) is 0 Å². The van der Waals surface area contributed by atoms with Gasteiger partial charge in [0.05, 0.1) is 21.2 Å². The van der Waals surface area contributed by atoms with E-state index in [0.29, 0.717) is 45.0 Å². The Balaban J connectivity index is 1.36. The van der Waals surface area contributed by atoms with Gasteiger partial charge in [-0.25, -0.2) is 9.36 Å². The zero-order valence-electron chi connectivity index (χ0n) is 24.7. The second kappa shape index (κ2) is 13.7. The summed E-state index contributed by atoms with van der Waals surface area (Å²) < 4.78 is 3.04. The monoisotopic (exact) mass is 676 g/mol. The van der Waals surface area contributed by atoms with Crippen LogP contribution in [0.2, 0.25) is 10.3 Å². The summed E-state index contributed by atoms with van der Waals surface area (Å²) in [4.78, 5) is 34.7. The van der Waals surface area contributed by atoms with Crippen LogP contribution >= 0.6 is 23.2 Å². The lowest BCUT2D eigenvalue weighted by Gasteiger charge is -2.02. The lowest BCUT2D eigenvalue weighted by atomic mass is 10.1. The minimum atomic E-state index is -0.492. The van der Waals surface area contributed by atoms with E-state index in [1.807, 2.05) is 60.7 Å². The normalized spacial score (nSPS) is 11.4. The number of nitro benzene ring substituents is 2. The van der Waals surface area contributed by atoms with E-state index >= 15 is 0 Å². The largest absolute Gasteiger partial charge is 0.290 e. The van der Waals surface area contributed by atoms with Gasteiger partial charge in [-0.15, -0.1) is 0 Å². The quantitative estimate of drug-likeness (QED) is 0.0802. The second-order valence-electron chi connectivity index (χ2n) is 10.3. The maximum absolute atomic E-state index is 13.2. The Bertz CT molecular complexity index is 2050. The van der Waals surface area contributed by atoms with Crippen molar-refractivity contribution in [2.45, 2.75) is 0 Å². The number of para-hydroxylation sites is 2. The van der Waals surface area contributed by atoms with Crippen LogP contribution in [0.1, 0.15) is 11.1 Å². The van der Waals surface area contributed by atoms with Crippen molar-refractivity contribution in [2.24, 2.45) is 0 Å². The first-order valence-corrected chi connectivity index (χ1v) is 15.0. The summed E-state index contributed by atoms with van der Waals surface area (Å²) in [7, 11) is 0. The van der Waals surface area contributed by atoms with Crippen LogP contribution < -0.4 is 0 Å². The van der Waals surface area contributed by atoms with Crippen LogP contribution in [0.5, 0.6) is 0 Å². The molecule has 0 bridgehead atoms. The highest BCUT2D eigenvalue weighted by molar-refractivity contribution is 6.32. The number of allylic oxidation sites excluding steroid dienone is 2. The molecule has 236 valence electrons. The van der Waals surface area contributed by atoms with Crippen molar-refractivity contribution in [3.63, 3.8) is 0 Å². The molecule has 0 aliphatic rings. The van der Waals surface area contributed by atoms with E-state index in [0.717, 1.165) is 0 Å². The fourth-order valence-electron chi connectivity index (χ4n) is 4.89. The molecule has 0 spiro atoms. The van der Waals surface area contributed by atoms with Crippen LogP contribution in [0, 0.1) is 20.2 Å². The molecule has 11 nitrogen and oxygen atoms in total. The number of benzene rings is 4. The SMILES string of the molecule is O=C(/C=C/c1c(-c2ccc([N+](=O)[O-])cc2)nn(-c2ccccc2)c1Cl)/C=C/c1c(-c2ccc([N+](=O)[O-])cc2)nn(-c2ccccc2)c1Cl. The van der Waals surface area contributed by atoms with E-state index < -0.39 is 15.6 Å². The Labute approximate surface area is 282 Å². The van der Waals surface area contributed by atoms with Gasteiger partial charge >= 0.3 is 0 Å². The standard InChI is InChI=1S/C35H22Cl2N6O5/c36-34-30(32(23-11-15-27(16-12-23)42(45)46)38-40(34)25-7-3-1-4-8-25)21-19-29(44)20-22-31-33(24-13-17-28(18-14-24)43(47)48)39-41(35(31)37)26-9-5-2-6-10-26/h1-22H/b21-19+,22-20+. The van der Waals surface area contributed by atoms with Gasteiger partial charge in [0.1, 0.15) is 21.7 Å². The van der Waals surface area contributed by atoms with Gasteiger partial charge in [0.25, 0.3) is 11.4 Å². The predicted molar refractivity (Wildman–Crippen MR) is 184 cm³/mol. The molecule has 0 fully saturated rings. The van der Waals surface area contributed by atoms with Crippen LogP contribution in [-0.4, -0.2) is 35.2 Å². The lowest BCUT2D eigenvalue weighted by molar-refractivity contribution is -0.385. The molecular weight excluding hydrogens is 655 g/mol. The zero-order valence-corrected chi connectivity index (χ0v) is 26.2. The van der Waals surface area contributed by atoms with Crippen LogP contribution in [0.15, 0.2) is 121 Å². The van der Waals surface area contributed by atoms with Crippen LogP contribution in [0.25, 0.3) is 46.0 Å². The van der Waals surface area contributed by atoms with Gasteiger partial charge in [0, 0.05) is 46.5 Å². The fraction of sp³-hybridized carbons (Fsp3) is 0. The number of non-ortho nitro benzene ring substituents is 2. The molecule has 48 heavy (non-hydrogen) atoms. The van der Waals surface area contributed by atoms with E-state index in [-0.39, 0.29) is 21.7 Å². The molecule has 6 rings (SSSR count). The van der Waals surface area contributed by atoms with Gasteiger partial charge in [-0.1, -0.05) is 59.6 Å². The van der Waals surface area contributed by atoms with Gasteiger partial charge in [0.15, 0.2) is 5.78 Å². The average Bonchev–Trinajstić information content (AvgIpc) is 3.62. The molecule has 2 heterocycles. The molecule has 0 aliphatic carbocycles. The highest BCUT2D eigenvalue weighted by Crippen LogP contribution is 2.34. The second-order valence-corrected chi connectivity index (χ2v) is 11.0. The third-order valence-corrected chi connectivity index (χ3v) is 7.99. The number of hydrogen-bond donors (Lipinski definition) is 0. The average molecular weight is 678 g/mol. The molecule has 0 N–H and O–H groups in total. The molecule has 0 amide bonds. The number of nitrogens with zero attached hydrogens (tertiary/aromatic N) is 6. The van der Waals surface area contributed by atoms with Crippen molar-refractivity contribution in [1.29, 1.82) is 0 Å². The zero-order chi connectivity index (χ0) is 33.8. The van der Waals surface area contributed by atoms with Crippen molar-refractivity contribution >= 4 is 52.5 Å². The minimum absolute atomic E-state index is 0.0768. The number of nitro groups is 2. The van der Waals surface area contributed by atoms with Crippen molar-refractivity contribution in [3.05, 3.63) is 163 Å². The first-order valence-electron chi connectivity index (χ1n) is 14.3. The molecule has 0 aliphatic heterocycles. The minimum Gasteiger partial charge on any atom is -0.290 e. The number of halogens is 2.